The second kappa shape index (κ2) is 6.06. The van der Waals surface area contributed by atoms with Crippen molar-refractivity contribution in [2.75, 3.05) is 11.9 Å². The summed E-state index contributed by atoms with van der Waals surface area (Å²) in [6.45, 7) is 0.0939. The fraction of sp³-hybridized carbons (Fsp3) is 0.111. The fourth-order valence-corrected chi connectivity index (χ4v) is 1.03. The van der Waals surface area contributed by atoms with Gasteiger partial charge in [0.1, 0.15) is 0 Å². The third kappa shape index (κ3) is 3.97. The van der Waals surface area contributed by atoms with Crippen molar-refractivity contribution in [2.24, 2.45) is 0 Å². The van der Waals surface area contributed by atoms with Crippen LogP contribution in [0.25, 0.3) is 0 Å². The van der Waals surface area contributed by atoms with Crippen molar-refractivity contribution in [3.05, 3.63) is 30.3 Å². The standard InChI is InChI=1S/C9H10N3OS/c13-7-6-10-12-9(14)11-8-4-2-1-3-5-8/h1-5,10H,6H2,(H2,11,12,14). The van der Waals surface area contributed by atoms with Gasteiger partial charge in [0.15, 0.2) is 5.11 Å². The van der Waals surface area contributed by atoms with Crippen LogP contribution in [0, 0.1) is 0 Å². The zero-order chi connectivity index (χ0) is 10.2. The highest BCUT2D eigenvalue weighted by molar-refractivity contribution is 7.80. The van der Waals surface area contributed by atoms with Crippen molar-refractivity contribution in [3.63, 3.8) is 0 Å². The second-order valence-corrected chi connectivity index (χ2v) is 2.85. The van der Waals surface area contributed by atoms with E-state index in [1.165, 1.54) is 0 Å². The summed E-state index contributed by atoms with van der Waals surface area (Å²) < 4.78 is 0. The lowest BCUT2D eigenvalue weighted by Gasteiger charge is -2.09. The Morgan fingerprint density at radius 3 is 2.71 bits per heavy atom. The third-order valence-electron chi connectivity index (χ3n) is 1.39. The van der Waals surface area contributed by atoms with Gasteiger partial charge in [-0.2, -0.15) is 0 Å². The van der Waals surface area contributed by atoms with E-state index in [4.69, 9.17) is 12.2 Å². The maximum Gasteiger partial charge on any atom is 0.215 e. The first-order valence-electron chi connectivity index (χ1n) is 4.03. The maximum atomic E-state index is 9.85. The third-order valence-corrected chi connectivity index (χ3v) is 1.60. The Hall–Kier alpha value is -1.46. The van der Waals surface area contributed by atoms with Crippen LogP contribution >= 0.6 is 12.2 Å². The molecule has 4 nitrogen and oxygen atoms in total. The molecule has 0 saturated heterocycles. The Kier molecular flexibility index (Phi) is 4.60. The van der Waals surface area contributed by atoms with Crippen molar-refractivity contribution in [1.82, 2.24) is 10.9 Å². The maximum absolute atomic E-state index is 9.85. The fourth-order valence-electron chi connectivity index (χ4n) is 0.844. The molecule has 1 radical (unpaired) electrons. The quantitative estimate of drug-likeness (QED) is 0.384. The molecule has 1 aromatic carbocycles. The van der Waals surface area contributed by atoms with Crippen LogP contribution in [0.3, 0.4) is 0 Å². The van der Waals surface area contributed by atoms with Gasteiger partial charge in [0.2, 0.25) is 6.29 Å². The Morgan fingerprint density at radius 1 is 1.36 bits per heavy atom. The van der Waals surface area contributed by atoms with E-state index in [1.807, 2.05) is 30.3 Å². The van der Waals surface area contributed by atoms with Crippen LogP contribution in [-0.4, -0.2) is 17.9 Å². The molecule has 0 aliphatic heterocycles. The minimum absolute atomic E-state index is 0.0939. The molecule has 0 aliphatic rings. The Morgan fingerprint density at radius 2 is 2.07 bits per heavy atom. The van der Waals surface area contributed by atoms with Crippen LogP contribution < -0.4 is 16.2 Å². The van der Waals surface area contributed by atoms with Gasteiger partial charge in [-0.05, 0) is 24.4 Å². The van der Waals surface area contributed by atoms with Crippen molar-refractivity contribution in [2.45, 2.75) is 0 Å². The van der Waals surface area contributed by atoms with Gasteiger partial charge in [-0.1, -0.05) is 18.2 Å². The van der Waals surface area contributed by atoms with E-state index in [0.717, 1.165) is 5.69 Å². The zero-order valence-electron chi connectivity index (χ0n) is 7.41. The molecular formula is C9H10N3OS. The van der Waals surface area contributed by atoms with Crippen molar-refractivity contribution >= 4 is 29.3 Å². The Bertz CT molecular complexity index is 302. The first kappa shape index (κ1) is 10.6. The first-order valence-corrected chi connectivity index (χ1v) is 4.43. The van der Waals surface area contributed by atoms with Crippen molar-refractivity contribution < 1.29 is 4.79 Å². The van der Waals surface area contributed by atoms with Crippen molar-refractivity contribution in [1.29, 1.82) is 0 Å². The average Bonchev–Trinajstić information content (AvgIpc) is 2.20. The van der Waals surface area contributed by atoms with Gasteiger partial charge in [-0.15, -0.1) is 0 Å². The molecule has 14 heavy (non-hydrogen) atoms. The predicted octanol–water partition coefficient (Wildman–Crippen LogP) is 0.587. The zero-order valence-corrected chi connectivity index (χ0v) is 8.23. The molecule has 0 amide bonds. The molecule has 0 aliphatic carbocycles. The first-order chi connectivity index (χ1) is 6.83. The number of hydrazine groups is 1. The van der Waals surface area contributed by atoms with E-state index in [1.54, 1.807) is 6.29 Å². The number of hydrogen-bond donors (Lipinski definition) is 3. The van der Waals surface area contributed by atoms with Gasteiger partial charge in [-0.3, -0.25) is 10.2 Å². The van der Waals surface area contributed by atoms with E-state index in [-0.39, 0.29) is 6.54 Å². The number of para-hydroxylation sites is 1. The molecule has 1 rings (SSSR count). The van der Waals surface area contributed by atoms with Gasteiger partial charge in [0.25, 0.3) is 0 Å². The van der Waals surface area contributed by atoms with Gasteiger partial charge in [0, 0.05) is 5.69 Å². The second-order valence-electron chi connectivity index (χ2n) is 2.44. The molecule has 0 bridgehead atoms. The Balaban J connectivity index is 2.31. The van der Waals surface area contributed by atoms with Gasteiger partial charge in [0.05, 0.1) is 6.54 Å². The summed E-state index contributed by atoms with van der Waals surface area (Å²) in [7, 11) is 0. The molecule has 5 heteroatoms. The van der Waals surface area contributed by atoms with E-state index in [2.05, 4.69) is 16.2 Å². The number of hydrogen-bond acceptors (Lipinski definition) is 3. The molecule has 73 valence electrons. The van der Waals surface area contributed by atoms with Crippen LogP contribution in [-0.2, 0) is 4.79 Å². The molecule has 0 saturated carbocycles. The molecule has 0 atom stereocenters. The Labute approximate surface area is 87.7 Å². The topological polar surface area (TPSA) is 53.2 Å². The monoisotopic (exact) mass is 208 g/mol. The summed E-state index contributed by atoms with van der Waals surface area (Å²) in [5.41, 5.74) is 6.11. The number of nitrogens with one attached hydrogen (secondary N) is 3. The number of anilines is 1. The van der Waals surface area contributed by atoms with Crippen LogP contribution in [0.5, 0.6) is 0 Å². The molecule has 3 N–H and O–H groups in total. The largest absolute Gasteiger partial charge is 0.332 e. The highest BCUT2D eigenvalue weighted by atomic mass is 32.1. The SMILES string of the molecule is O=[C]CNNC(=S)Nc1ccccc1. The molecule has 0 aromatic heterocycles. The summed E-state index contributed by atoms with van der Waals surface area (Å²) in [6, 6.07) is 9.50. The highest BCUT2D eigenvalue weighted by Crippen LogP contribution is 2.03. The summed E-state index contributed by atoms with van der Waals surface area (Å²) >= 11 is 4.93. The molecule has 0 spiro atoms. The van der Waals surface area contributed by atoms with Gasteiger partial charge in [-0.25, -0.2) is 5.43 Å². The molecular weight excluding hydrogens is 198 g/mol. The number of thiocarbonyl (C=S) groups is 1. The minimum atomic E-state index is 0.0939. The number of rotatable bonds is 4. The normalized spacial score (nSPS) is 9.14. The van der Waals surface area contributed by atoms with E-state index in [0.29, 0.717) is 5.11 Å². The number of benzene rings is 1. The van der Waals surface area contributed by atoms with Crippen LogP contribution in [0.15, 0.2) is 30.3 Å². The molecule has 0 fully saturated rings. The van der Waals surface area contributed by atoms with Crippen LogP contribution in [0.1, 0.15) is 0 Å². The minimum Gasteiger partial charge on any atom is -0.332 e. The van der Waals surface area contributed by atoms with Crippen LogP contribution in [0.4, 0.5) is 5.69 Å². The van der Waals surface area contributed by atoms with E-state index < -0.39 is 0 Å². The van der Waals surface area contributed by atoms with E-state index >= 15 is 0 Å². The highest BCUT2D eigenvalue weighted by Gasteiger charge is 1.94. The lowest BCUT2D eigenvalue weighted by atomic mass is 10.3. The smallest absolute Gasteiger partial charge is 0.215 e. The molecule has 1 aromatic rings. The van der Waals surface area contributed by atoms with Gasteiger partial charge < -0.3 is 5.32 Å². The van der Waals surface area contributed by atoms with Gasteiger partial charge >= 0.3 is 0 Å². The molecule has 0 unspecified atom stereocenters. The number of carbonyl (C=O) groups excluding carboxylic acids is 1. The van der Waals surface area contributed by atoms with Crippen LogP contribution in [0.2, 0.25) is 0 Å². The lowest BCUT2D eigenvalue weighted by molar-refractivity contribution is 0.546. The van der Waals surface area contributed by atoms with Crippen molar-refractivity contribution in [3.8, 4) is 0 Å². The lowest BCUT2D eigenvalue weighted by Crippen LogP contribution is -2.40. The summed E-state index contributed by atoms with van der Waals surface area (Å²) in [5.74, 6) is 0. The average molecular weight is 208 g/mol. The summed E-state index contributed by atoms with van der Waals surface area (Å²) in [4.78, 5) is 9.85. The molecule has 0 heterocycles. The summed E-state index contributed by atoms with van der Waals surface area (Å²) in [5, 5.41) is 3.34. The summed E-state index contributed by atoms with van der Waals surface area (Å²) in [6.07, 6.45) is 1.68. The van der Waals surface area contributed by atoms with E-state index in [9.17, 15) is 4.79 Å². The predicted molar refractivity (Wildman–Crippen MR) is 59.5 cm³/mol.